The van der Waals surface area contributed by atoms with E-state index >= 15 is 0 Å². The fourth-order valence-electron chi connectivity index (χ4n) is 3.51. The fraction of sp³-hybridized carbons (Fsp3) is 0.120. The van der Waals surface area contributed by atoms with Crippen LogP contribution in [0.2, 0.25) is 10.0 Å². The van der Waals surface area contributed by atoms with E-state index in [4.69, 9.17) is 27.9 Å². The van der Waals surface area contributed by atoms with Crippen LogP contribution in [0.1, 0.15) is 21.5 Å². The summed E-state index contributed by atoms with van der Waals surface area (Å²) in [5.41, 5.74) is 2.01. The summed E-state index contributed by atoms with van der Waals surface area (Å²) in [4.78, 5) is 29.0. The number of para-hydroxylation sites is 1. The van der Waals surface area contributed by atoms with Gasteiger partial charge in [0.2, 0.25) is 0 Å². The Labute approximate surface area is 199 Å². The highest BCUT2D eigenvalue weighted by atomic mass is 35.5. The summed E-state index contributed by atoms with van der Waals surface area (Å²) < 4.78 is 19.5. The Bertz CT molecular complexity index is 1300. The summed E-state index contributed by atoms with van der Waals surface area (Å²) in [6.45, 7) is -0.364. The number of hydrogen-bond acceptors (Lipinski definition) is 3. The lowest BCUT2D eigenvalue weighted by atomic mass is 10.0. The van der Waals surface area contributed by atoms with Gasteiger partial charge >= 0.3 is 5.97 Å². The summed E-state index contributed by atoms with van der Waals surface area (Å²) in [7, 11) is 0. The largest absolute Gasteiger partial charge is 0.459 e. The minimum absolute atomic E-state index is 0.0655. The normalized spacial score (nSPS) is 11.8. The minimum atomic E-state index is -1.04. The molecule has 0 aliphatic rings. The zero-order valence-corrected chi connectivity index (χ0v) is 18.8. The van der Waals surface area contributed by atoms with Crippen molar-refractivity contribution in [2.24, 2.45) is 0 Å². The molecule has 0 aliphatic carbocycles. The van der Waals surface area contributed by atoms with E-state index in [1.807, 2.05) is 24.3 Å². The van der Waals surface area contributed by atoms with Crippen LogP contribution in [-0.4, -0.2) is 22.9 Å². The van der Waals surface area contributed by atoms with E-state index in [0.29, 0.717) is 0 Å². The van der Waals surface area contributed by atoms with Gasteiger partial charge in [-0.15, -0.1) is 0 Å². The molecule has 0 radical (unpaired) electrons. The van der Waals surface area contributed by atoms with E-state index in [2.05, 4.69) is 10.3 Å². The van der Waals surface area contributed by atoms with Gasteiger partial charge in [-0.2, -0.15) is 0 Å². The second-order valence-electron chi connectivity index (χ2n) is 7.38. The number of benzene rings is 3. The zero-order chi connectivity index (χ0) is 23.4. The summed E-state index contributed by atoms with van der Waals surface area (Å²) in [6.07, 6.45) is 1.93. The number of nitrogens with one attached hydrogen (secondary N) is 2. The Kier molecular flexibility index (Phi) is 6.96. The third-order valence-electron chi connectivity index (χ3n) is 5.23. The van der Waals surface area contributed by atoms with Crippen LogP contribution in [0, 0.1) is 5.82 Å². The molecule has 1 unspecified atom stereocenters. The second kappa shape index (κ2) is 10.1. The van der Waals surface area contributed by atoms with Crippen molar-refractivity contribution in [3.05, 3.63) is 105 Å². The molecule has 168 valence electrons. The number of H-pyrrole nitrogens is 1. The fourth-order valence-corrected chi connectivity index (χ4v) is 3.95. The zero-order valence-electron chi connectivity index (χ0n) is 17.3. The number of halogens is 3. The molecule has 33 heavy (non-hydrogen) atoms. The number of amides is 1. The van der Waals surface area contributed by atoms with Crippen LogP contribution in [0.3, 0.4) is 0 Å². The number of carbonyl (C=O) groups excluding carboxylic acids is 2. The molecule has 0 spiro atoms. The summed E-state index contributed by atoms with van der Waals surface area (Å²) >= 11 is 12.2. The maximum atomic E-state index is 14.1. The average Bonchev–Trinajstić information content (AvgIpc) is 3.21. The van der Waals surface area contributed by atoms with E-state index in [-0.39, 0.29) is 34.2 Å². The molecule has 4 aromatic rings. The maximum absolute atomic E-state index is 14.1. The molecule has 0 aliphatic heterocycles. The van der Waals surface area contributed by atoms with Crippen molar-refractivity contribution in [3.63, 3.8) is 0 Å². The Balaban J connectivity index is 1.58. The van der Waals surface area contributed by atoms with Gasteiger partial charge in [-0.05, 0) is 35.9 Å². The van der Waals surface area contributed by atoms with E-state index in [1.165, 1.54) is 18.2 Å². The smallest absolute Gasteiger partial charge is 0.329 e. The monoisotopic (exact) mass is 484 g/mol. The Morgan fingerprint density at radius 3 is 2.48 bits per heavy atom. The third kappa shape index (κ3) is 5.18. The molecule has 0 saturated carbocycles. The molecule has 1 heterocycles. The van der Waals surface area contributed by atoms with Crippen LogP contribution in [-0.2, 0) is 22.6 Å². The molecule has 0 saturated heterocycles. The summed E-state index contributed by atoms with van der Waals surface area (Å²) in [5.74, 6) is -1.82. The molecule has 0 bridgehead atoms. The lowest BCUT2D eigenvalue weighted by Crippen LogP contribution is -2.43. The molecule has 2 N–H and O–H groups in total. The van der Waals surface area contributed by atoms with Crippen molar-refractivity contribution in [1.82, 2.24) is 10.3 Å². The number of aromatic nitrogens is 1. The number of aromatic amines is 1. The number of rotatable bonds is 7. The lowest BCUT2D eigenvalue weighted by Gasteiger charge is -2.18. The number of hydrogen-bond donors (Lipinski definition) is 2. The Morgan fingerprint density at radius 2 is 1.70 bits per heavy atom. The SMILES string of the molecule is O=C(NC(Cc1c[nH]c2ccccc12)C(=O)OCc1c(F)cccc1Cl)c1ccccc1Cl. The van der Waals surface area contributed by atoms with E-state index in [9.17, 15) is 14.0 Å². The first-order valence-corrected chi connectivity index (χ1v) is 10.9. The van der Waals surface area contributed by atoms with Gasteiger partial charge < -0.3 is 15.0 Å². The first kappa shape index (κ1) is 22.8. The maximum Gasteiger partial charge on any atom is 0.329 e. The second-order valence-corrected chi connectivity index (χ2v) is 8.19. The predicted molar refractivity (Wildman–Crippen MR) is 126 cm³/mol. The molecular weight excluding hydrogens is 466 g/mol. The number of esters is 1. The van der Waals surface area contributed by atoms with Crippen LogP contribution in [0.15, 0.2) is 72.9 Å². The van der Waals surface area contributed by atoms with Crippen LogP contribution in [0.25, 0.3) is 10.9 Å². The molecule has 1 amide bonds. The quantitative estimate of drug-likeness (QED) is 0.330. The van der Waals surface area contributed by atoms with Crippen molar-refractivity contribution in [2.45, 2.75) is 19.1 Å². The van der Waals surface area contributed by atoms with Crippen molar-refractivity contribution in [2.75, 3.05) is 0 Å². The van der Waals surface area contributed by atoms with Crippen LogP contribution in [0.5, 0.6) is 0 Å². The highest BCUT2D eigenvalue weighted by Crippen LogP contribution is 2.22. The predicted octanol–water partition coefficient (Wildman–Crippen LogP) is 5.70. The number of fused-ring (bicyclic) bond motifs is 1. The van der Waals surface area contributed by atoms with Gasteiger partial charge in [-0.25, -0.2) is 9.18 Å². The average molecular weight is 485 g/mol. The van der Waals surface area contributed by atoms with E-state index in [1.54, 1.807) is 30.5 Å². The van der Waals surface area contributed by atoms with Crippen LogP contribution >= 0.6 is 23.2 Å². The Morgan fingerprint density at radius 1 is 0.970 bits per heavy atom. The molecule has 0 fully saturated rings. The highest BCUT2D eigenvalue weighted by molar-refractivity contribution is 6.33. The van der Waals surface area contributed by atoms with E-state index in [0.717, 1.165) is 16.5 Å². The Hall–Kier alpha value is -3.35. The molecule has 1 atom stereocenters. The van der Waals surface area contributed by atoms with Gasteiger partial charge in [0.1, 0.15) is 18.5 Å². The molecule has 4 rings (SSSR count). The molecule has 3 aromatic carbocycles. The molecule has 5 nitrogen and oxygen atoms in total. The first-order valence-electron chi connectivity index (χ1n) is 10.1. The standard InChI is InChI=1S/C25H19Cl2FN2O3/c26-19-8-3-1-7-17(19)24(31)30-23(12-15-13-29-22-11-4-2-6-16(15)22)25(32)33-14-18-20(27)9-5-10-21(18)28/h1-11,13,23,29H,12,14H2,(H,30,31). The van der Waals surface area contributed by atoms with Gasteiger partial charge in [0.25, 0.3) is 5.91 Å². The van der Waals surface area contributed by atoms with Crippen LogP contribution in [0.4, 0.5) is 4.39 Å². The third-order valence-corrected chi connectivity index (χ3v) is 5.91. The molecule has 8 heteroatoms. The lowest BCUT2D eigenvalue weighted by molar-refractivity contribution is -0.147. The first-order chi connectivity index (χ1) is 15.9. The van der Waals surface area contributed by atoms with Crippen molar-refractivity contribution in [1.29, 1.82) is 0 Å². The van der Waals surface area contributed by atoms with Gasteiger partial charge in [-0.3, -0.25) is 4.79 Å². The van der Waals surface area contributed by atoms with Crippen LogP contribution < -0.4 is 5.32 Å². The topological polar surface area (TPSA) is 71.2 Å². The van der Waals surface area contributed by atoms with Crippen molar-refractivity contribution < 1.29 is 18.7 Å². The van der Waals surface area contributed by atoms with Gasteiger partial charge in [0.05, 0.1) is 15.6 Å². The minimum Gasteiger partial charge on any atom is -0.459 e. The summed E-state index contributed by atoms with van der Waals surface area (Å²) in [5, 5.41) is 4.03. The number of ether oxygens (including phenoxy) is 1. The van der Waals surface area contributed by atoms with Gasteiger partial charge in [-0.1, -0.05) is 59.6 Å². The summed E-state index contributed by atoms with van der Waals surface area (Å²) in [6, 6.07) is 17.3. The van der Waals surface area contributed by atoms with Crippen molar-refractivity contribution in [3.8, 4) is 0 Å². The number of carbonyl (C=O) groups is 2. The van der Waals surface area contributed by atoms with Crippen molar-refractivity contribution >= 4 is 46.0 Å². The highest BCUT2D eigenvalue weighted by Gasteiger charge is 2.26. The van der Waals surface area contributed by atoms with Gasteiger partial charge in [0, 0.05) is 29.1 Å². The van der Waals surface area contributed by atoms with Gasteiger partial charge in [0.15, 0.2) is 0 Å². The molecule has 1 aromatic heterocycles. The van der Waals surface area contributed by atoms with E-state index < -0.39 is 23.7 Å². The molecular formula is C25H19Cl2FN2O3.